The molecule has 35 heavy (non-hydrogen) atoms. The van der Waals surface area contributed by atoms with Gasteiger partial charge >= 0.3 is 5.97 Å². The minimum absolute atomic E-state index is 0.410. The Labute approximate surface area is 209 Å². The van der Waals surface area contributed by atoms with Crippen molar-refractivity contribution in [3.8, 4) is 28.0 Å². The zero-order valence-electron chi connectivity index (χ0n) is 20.0. The number of carbonyl (C=O) groups is 1. The number of H-pyrrole nitrogens is 1. The maximum atomic E-state index is 11.9. The first-order valence-electron chi connectivity index (χ1n) is 11.5. The van der Waals surface area contributed by atoms with E-state index >= 15 is 0 Å². The van der Waals surface area contributed by atoms with E-state index in [-0.39, 0.29) is 0 Å². The van der Waals surface area contributed by atoms with E-state index in [0.29, 0.717) is 10.6 Å². The number of anilines is 1. The third-order valence-corrected chi connectivity index (χ3v) is 6.88. The lowest BCUT2D eigenvalue weighted by molar-refractivity contribution is 0.0600. The number of pyridine rings is 1. The van der Waals surface area contributed by atoms with E-state index in [1.807, 2.05) is 18.5 Å². The Morgan fingerprint density at radius 2 is 1.80 bits per heavy atom. The van der Waals surface area contributed by atoms with Crippen LogP contribution in [0.2, 0.25) is 5.02 Å². The largest absolute Gasteiger partial charge is 0.495 e. The van der Waals surface area contributed by atoms with Gasteiger partial charge in [-0.05, 0) is 42.9 Å². The molecule has 2 aromatic heterocycles. The number of ether oxygens (including phenoxy) is 2. The normalized spacial score (nSPS) is 14.3. The van der Waals surface area contributed by atoms with Crippen LogP contribution in [0.3, 0.4) is 0 Å². The summed E-state index contributed by atoms with van der Waals surface area (Å²) in [5.41, 5.74) is 6.00. The van der Waals surface area contributed by atoms with Gasteiger partial charge < -0.3 is 24.3 Å². The molecule has 5 rings (SSSR count). The van der Waals surface area contributed by atoms with Crippen LogP contribution in [0.25, 0.3) is 33.3 Å². The van der Waals surface area contributed by atoms with Crippen LogP contribution in [0.5, 0.6) is 5.75 Å². The zero-order valence-corrected chi connectivity index (χ0v) is 20.7. The lowest BCUT2D eigenvalue weighted by Gasteiger charge is -2.34. The minimum atomic E-state index is -0.421. The summed E-state index contributed by atoms with van der Waals surface area (Å²) in [5.74, 6) is 0.429. The average Bonchev–Trinajstić information content (AvgIpc) is 3.31. The molecule has 0 saturated carbocycles. The summed E-state index contributed by atoms with van der Waals surface area (Å²) in [6.45, 7) is 4.01. The number of methoxy groups -OCH3 is 2. The van der Waals surface area contributed by atoms with Crippen molar-refractivity contribution in [3.63, 3.8) is 0 Å². The van der Waals surface area contributed by atoms with Crippen molar-refractivity contribution in [2.45, 2.75) is 0 Å². The second kappa shape index (κ2) is 9.60. The Hall–Kier alpha value is -3.55. The summed E-state index contributed by atoms with van der Waals surface area (Å²) in [6.07, 6.45) is 3.74. The molecule has 7 nitrogen and oxygen atoms in total. The van der Waals surface area contributed by atoms with Crippen LogP contribution in [-0.2, 0) is 4.74 Å². The second-order valence-electron chi connectivity index (χ2n) is 8.69. The first-order valence-corrected chi connectivity index (χ1v) is 11.8. The molecule has 1 fully saturated rings. The Morgan fingerprint density at radius 3 is 2.51 bits per heavy atom. The number of nitrogens with one attached hydrogen (secondary N) is 1. The molecule has 1 N–H and O–H groups in total. The number of nitrogens with zero attached hydrogens (tertiary/aromatic N) is 3. The van der Waals surface area contributed by atoms with Gasteiger partial charge in [-0.25, -0.2) is 9.78 Å². The Kier molecular flexibility index (Phi) is 6.36. The van der Waals surface area contributed by atoms with Crippen molar-refractivity contribution in [2.75, 3.05) is 52.3 Å². The maximum absolute atomic E-state index is 11.9. The lowest BCUT2D eigenvalue weighted by Crippen LogP contribution is -2.44. The molecular formula is C27H27ClN4O3. The number of aromatic amines is 1. The number of hydrogen-bond donors (Lipinski definition) is 1. The summed E-state index contributed by atoms with van der Waals surface area (Å²) in [4.78, 5) is 24.4. The van der Waals surface area contributed by atoms with Crippen LogP contribution in [0, 0.1) is 0 Å². The summed E-state index contributed by atoms with van der Waals surface area (Å²) in [7, 11) is 5.21. The number of rotatable bonds is 5. The number of esters is 1. The maximum Gasteiger partial charge on any atom is 0.337 e. The molecule has 1 aliphatic heterocycles. The Bertz CT molecular complexity index is 1390. The van der Waals surface area contributed by atoms with Gasteiger partial charge in [-0.1, -0.05) is 23.7 Å². The van der Waals surface area contributed by atoms with Crippen LogP contribution in [0.1, 0.15) is 10.4 Å². The van der Waals surface area contributed by atoms with E-state index in [0.717, 1.165) is 70.9 Å². The highest BCUT2D eigenvalue weighted by atomic mass is 35.5. The van der Waals surface area contributed by atoms with Crippen molar-refractivity contribution in [2.24, 2.45) is 0 Å². The number of aromatic nitrogens is 2. The van der Waals surface area contributed by atoms with Crippen LogP contribution in [0.15, 0.2) is 54.9 Å². The van der Waals surface area contributed by atoms with Gasteiger partial charge in [0, 0.05) is 65.7 Å². The molecule has 0 spiro atoms. The van der Waals surface area contributed by atoms with Gasteiger partial charge in [0.05, 0.1) is 25.5 Å². The van der Waals surface area contributed by atoms with E-state index in [2.05, 4.69) is 51.1 Å². The summed E-state index contributed by atoms with van der Waals surface area (Å²) >= 11 is 6.55. The van der Waals surface area contributed by atoms with Gasteiger partial charge in [-0.2, -0.15) is 0 Å². The van der Waals surface area contributed by atoms with E-state index in [9.17, 15) is 4.79 Å². The predicted molar refractivity (Wildman–Crippen MR) is 140 cm³/mol. The third kappa shape index (κ3) is 4.45. The second-order valence-corrected chi connectivity index (χ2v) is 9.09. The number of halogens is 1. The van der Waals surface area contributed by atoms with Crippen molar-refractivity contribution >= 4 is 34.3 Å². The highest BCUT2D eigenvalue weighted by molar-refractivity contribution is 6.34. The van der Waals surface area contributed by atoms with Crippen molar-refractivity contribution in [3.05, 3.63) is 65.4 Å². The molecule has 0 atom stereocenters. The fourth-order valence-corrected chi connectivity index (χ4v) is 4.81. The van der Waals surface area contributed by atoms with Gasteiger partial charge in [0.1, 0.15) is 11.4 Å². The predicted octanol–water partition coefficient (Wildman–Crippen LogP) is 5.10. The number of fused-ring (bicyclic) bond motifs is 1. The van der Waals surface area contributed by atoms with Crippen molar-refractivity contribution in [1.29, 1.82) is 0 Å². The molecule has 0 radical (unpaired) electrons. The van der Waals surface area contributed by atoms with Crippen LogP contribution in [0.4, 0.5) is 5.69 Å². The van der Waals surface area contributed by atoms with E-state index in [1.165, 1.54) is 7.11 Å². The monoisotopic (exact) mass is 490 g/mol. The molecule has 8 heteroatoms. The highest BCUT2D eigenvalue weighted by Gasteiger charge is 2.19. The molecule has 0 bridgehead atoms. The van der Waals surface area contributed by atoms with E-state index in [4.69, 9.17) is 21.1 Å². The number of piperazine rings is 1. The fraction of sp³-hybridized carbons (Fsp3) is 0.259. The Morgan fingerprint density at radius 1 is 1.00 bits per heavy atom. The molecule has 0 aliphatic carbocycles. The number of benzene rings is 2. The zero-order chi connectivity index (χ0) is 24.5. The summed E-state index contributed by atoms with van der Waals surface area (Å²) in [6, 6.07) is 13.6. The van der Waals surface area contributed by atoms with E-state index < -0.39 is 5.97 Å². The quantitative estimate of drug-likeness (QED) is 0.393. The molecule has 1 saturated heterocycles. The van der Waals surface area contributed by atoms with Gasteiger partial charge in [0.25, 0.3) is 0 Å². The summed E-state index contributed by atoms with van der Waals surface area (Å²) < 4.78 is 10.6. The SMILES string of the molecule is COC(=O)c1ccc(-c2c[nH]c3ncc(-c4ccc(N5CCN(C)CC5)c(OC)c4)cc23)c(Cl)c1. The average molecular weight is 491 g/mol. The number of likely N-dealkylation sites (N-methyl/N-ethyl adjacent to an activating group) is 1. The van der Waals surface area contributed by atoms with Crippen LogP contribution in [-0.4, -0.2) is 68.3 Å². The molecule has 1 aliphatic rings. The first kappa shape index (κ1) is 23.2. The third-order valence-electron chi connectivity index (χ3n) is 6.57. The molecule has 0 unspecified atom stereocenters. The summed E-state index contributed by atoms with van der Waals surface area (Å²) in [5, 5.41) is 1.41. The van der Waals surface area contributed by atoms with Gasteiger partial charge in [0.2, 0.25) is 0 Å². The molecule has 0 amide bonds. The smallest absolute Gasteiger partial charge is 0.337 e. The molecular weight excluding hydrogens is 464 g/mol. The van der Waals surface area contributed by atoms with Crippen molar-refractivity contribution < 1.29 is 14.3 Å². The van der Waals surface area contributed by atoms with Gasteiger partial charge in [-0.3, -0.25) is 0 Å². The van der Waals surface area contributed by atoms with Gasteiger partial charge in [0.15, 0.2) is 0 Å². The lowest BCUT2D eigenvalue weighted by atomic mass is 10.0. The molecule has 4 aromatic rings. The highest BCUT2D eigenvalue weighted by Crippen LogP contribution is 2.37. The number of hydrogen-bond acceptors (Lipinski definition) is 6. The van der Waals surface area contributed by atoms with Crippen LogP contribution >= 0.6 is 11.6 Å². The first-order chi connectivity index (χ1) is 17.0. The minimum Gasteiger partial charge on any atom is -0.495 e. The Balaban J connectivity index is 1.51. The number of carbonyl (C=O) groups excluding carboxylic acids is 1. The molecule has 2 aromatic carbocycles. The fourth-order valence-electron chi connectivity index (χ4n) is 4.53. The van der Waals surface area contributed by atoms with Crippen LogP contribution < -0.4 is 9.64 Å². The van der Waals surface area contributed by atoms with Crippen molar-refractivity contribution in [1.82, 2.24) is 14.9 Å². The molecule has 180 valence electrons. The standard InChI is InChI=1S/C27H27ClN4O3/c1-31-8-10-32(11-9-31)24-7-5-17(14-25(24)34-2)19-12-21-22(16-30-26(21)29-15-19)20-6-4-18(13-23(20)28)27(33)35-3/h4-7,12-16H,8-11H2,1-3H3,(H,29,30). The van der Waals surface area contributed by atoms with E-state index in [1.54, 1.807) is 19.2 Å². The molecule has 3 heterocycles. The topological polar surface area (TPSA) is 70.7 Å². The van der Waals surface area contributed by atoms with Gasteiger partial charge in [-0.15, -0.1) is 0 Å².